The van der Waals surface area contributed by atoms with E-state index in [1.165, 1.54) is 38.6 Å². The van der Waals surface area contributed by atoms with Gasteiger partial charge in [-0.05, 0) is 20.6 Å². The Labute approximate surface area is 102 Å². The molecule has 0 aliphatic heterocycles. The van der Waals surface area contributed by atoms with Crippen molar-refractivity contribution in [2.75, 3.05) is 20.6 Å². The molecule has 0 aliphatic carbocycles. The van der Waals surface area contributed by atoms with Gasteiger partial charge >= 0.3 is 0 Å². The summed E-state index contributed by atoms with van der Waals surface area (Å²) in [6.45, 7) is 5.94. The van der Waals surface area contributed by atoms with Crippen LogP contribution in [0, 0.1) is 0 Å². The van der Waals surface area contributed by atoms with E-state index in [2.05, 4.69) is 32.8 Å². The summed E-state index contributed by atoms with van der Waals surface area (Å²) in [4.78, 5) is 2.32. The van der Waals surface area contributed by atoms with Gasteiger partial charge in [0.25, 0.3) is 14.1 Å². The maximum Gasteiger partial charge on any atom is 0.261 e. The Morgan fingerprint density at radius 2 is 1.27 bits per heavy atom. The predicted octanol–water partition coefficient (Wildman–Crippen LogP) is 4.03. The first-order valence-electron chi connectivity index (χ1n) is 6.85. The van der Waals surface area contributed by atoms with E-state index >= 15 is 0 Å². The second-order valence-electron chi connectivity index (χ2n) is 5.10. The molecule has 0 rings (SSSR count). The first-order chi connectivity index (χ1) is 7.20. The van der Waals surface area contributed by atoms with Crippen molar-refractivity contribution in [3.63, 3.8) is 0 Å². The van der Waals surface area contributed by atoms with Crippen LogP contribution in [0.3, 0.4) is 0 Å². The Bertz CT molecular complexity index is 118. The van der Waals surface area contributed by atoms with Gasteiger partial charge in [-0.25, -0.2) is 0 Å². The van der Waals surface area contributed by atoms with Gasteiger partial charge in [-0.2, -0.15) is 0 Å². The fraction of sp³-hybridized carbons (Fsp3) is 1.00. The normalized spacial score (nSPS) is 11.0. The number of unbranched alkanes of at least 4 members (excludes halogenated alkanes) is 2. The van der Waals surface area contributed by atoms with Crippen LogP contribution in [0.15, 0.2) is 0 Å². The molecule has 15 heavy (non-hydrogen) atoms. The molecule has 0 aromatic rings. The molecule has 0 atom stereocenters. The molecule has 2 heteroatoms. The molecule has 90 valence electrons. The summed E-state index contributed by atoms with van der Waals surface area (Å²) in [6.07, 6.45) is 7.20. The van der Waals surface area contributed by atoms with E-state index in [1.807, 2.05) is 0 Å². The molecule has 0 fully saturated rings. The highest BCUT2D eigenvalue weighted by atomic mass is 27.2. The molecular formula is C13H30AlN. The van der Waals surface area contributed by atoms with Crippen LogP contribution in [-0.4, -0.2) is 39.7 Å². The number of hydrogen-bond donors (Lipinski definition) is 0. The summed E-state index contributed by atoms with van der Waals surface area (Å²) in [6, 6.07) is 0. The zero-order valence-electron chi connectivity index (χ0n) is 11.4. The molecule has 0 bridgehead atoms. The van der Waals surface area contributed by atoms with E-state index in [0.717, 1.165) is 0 Å². The van der Waals surface area contributed by atoms with Crippen LogP contribution in [0.4, 0.5) is 0 Å². The average Bonchev–Trinajstić information content (AvgIpc) is 2.20. The number of rotatable bonds is 10. The molecule has 0 radical (unpaired) electrons. The molecule has 0 aromatic heterocycles. The van der Waals surface area contributed by atoms with Crippen molar-refractivity contribution in [3.8, 4) is 0 Å². The fourth-order valence-corrected chi connectivity index (χ4v) is 5.71. The van der Waals surface area contributed by atoms with Crippen LogP contribution in [0.2, 0.25) is 15.8 Å². The SMILES string of the molecule is CCC[CH2][Al]([CH2]CCC)[CH2]CCN(C)C. The highest BCUT2D eigenvalue weighted by Crippen LogP contribution is 2.15. The van der Waals surface area contributed by atoms with Crippen LogP contribution in [0.5, 0.6) is 0 Å². The second kappa shape index (κ2) is 11.0. The molecule has 0 aromatic carbocycles. The Morgan fingerprint density at radius 1 is 0.800 bits per heavy atom. The van der Waals surface area contributed by atoms with Gasteiger partial charge in [0.05, 0.1) is 0 Å². The molecule has 0 saturated heterocycles. The van der Waals surface area contributed by atoms with Crippen molar-refractivity contribution in [2.24, 2.45) is 0 Å². The quantitative estimate of drug-likeness (QED) is 0.509. The molecule has 0 amide bonds. The van der Waals surface area contributed by atoms with Crippen LogP contribution in [0.1, 0.15) is 46.0 Å². The predicted molar refractivity (Wildman–Crippen MR) is 73.2 cm³/mol. The standard InChI is InChI=1S/C5H12N.2C4H9.Al/c1-4-5-6(2)3;2*1-3-4-2;/h1,4-5H2,2-3H3;2*1,3-4H2,2H3;. The smallest absolute Gasteiger partial charge is 0.261 e. The minimum atomic E-state index is -0.355. The van der Waals surface area contributed by atoms with Crippen molar-refractivity contribution in [1.29, 1.82) is 0 Å². The average molecular weight is 227 g/mol. The summed E-state index contributed by atoms with van der Waals surface area (Å²) in [5, 5.41) is 4.78. The van der Waals surface area contributed by atoms with E-state index in [4.69, 9.17) is 0 Å². The van der Waals surface area contributed by atoms with Crippen molar-refractivity contribution in [1.82, 2.24) is 4.90 Å². The van der Waals surface area contributed by atoms with Gasteiger partial charge in [0.2, 0.25) is 0 Å². The topological polar surface area (TPSA) is 3.24 Å². The Hall–Kier alpha value is 0.492. The van der Waals surface area contributed by atoms with Gasteiger partial charge < -0.3 is 4.90 Å². The largest absolute Gasteiger partial charge is 0.309 e. The number of hydrogen-bond acceptors (Lipinski definition) is 1. The van der Waals surface area contributed by atoms with Gasteiger partial charge in [0.15, 0.2) is 0 Å². The van der Waals surface area contributed by atoms with Gasteiger partial charge in [-0.15, -0.1) is 0 Å². The van der Waals surface area contributed by atoms with Crippen molar-refractivity contribution < 1.29 is 0 Å². The lowest BCUT2D eigenvalue weighted by atomic mass is 10.4. The van der Waals surface area contributed by atoms with Crippen LogP contribution in [-0.2, 0) is 0 Å². The Balaban J connectivity index is 3.58. The minimum Gasteiger partial charge on any atom is -0.309 e. The van der Waals surface area contributed by atoms with Crippen LogP contribution < -0.4 is 0 Å². The third-order valence-electron chi connectivity index (χ3n) is 3.15. The highest BCUT2D eigenvalue weighted by molar-refractivity contribution is 6.58. The second-order valence-corrected chi connectivity index (χ2v) is 8.56. The van der Waals surface area contributed by atoms with Crippen LogP contribution >= 0.6 is 0 Å². The lowest BCUT2D eigenvalue weighted by Gasteiger charge is -2.13. The van der Waals surface area contributed by atoms with E-state index < -0.39 is 0 Å². The summed E-state index contributed by atoms with van der Waals surface area (Å²) in [5.41, 5.74) is 0. The Morgan fingerprint density at radius 3 is 1.67 bits per heavy atom. The van der Waals surface area contributed by atoms with Gasteiger partial charge in [0.1, 0.15) is 0 Å². The maximum atomic E-state index is 2.32. The summed E-state index contributed by atoms with van der Waals surface area (Å²) in [7, 11) is 4.38. The summed E-state index contributed by atoms with van der Waals surface area (Å²) < 4.78 is 0. The minimum absolute atomic E-state index is 0.355. The van der Waals surface area contributed by atoms with E-state index in [-0.39, 0.29) is 14.1 Å². The highest BCUT2D eigenvalue weighted by Gasteiger charge is 2.14. The zero-order valence-corrected chi connectivity index (χ0v) is 12.5. The lowest BCUT2D eigenvalue weighted by molar-refractivity contribution is 0.407. The van der Waals surface area contributed by atoms with E-state index in [0.29, 0.717) is 0 Å². The van der Waals surface area contributed by atoms with Crippen molar-refractivity contribution in [2.45, 2.75) is 61.8 Å². The third-order valence-corrected chi connectivity index (χ3v) is 6.82. The Kier molecular flexibility index (Phi) is 11.4. The van der Waals surface area contributed by atoms with E-state index in [1.54, 1.807) is 15.8 Å². The van der Waals surface area contributed by atoms with Gasteiger partial charge in [-0.3, -0.25) is 0 Å². The molecule has 0 N–H and O–H groups in total. The first-order valence-corrected chi connectivity index (χ1v) is 9.30. The molecule has 1 nitrogen and oxygen atoms in total. The summed E-state index contributed by atoms with van der Waals surface area (Å²) >= 11 is -0.355. The van der Waals surface area contributed by atoms with Gasteiger partial charge in [-0.1, -0.05) is 61.8 Å². The van der Waals surface area contributed by atoms with Crippen molar-refractivity contribution in [3.05, 3.63) is 0 Å². The zero-order chi connectivity index (χ0) is 11.5. The fourth-order valence-electron chi connectivity index (χ4n) is 2.11. The number of nitrogens with zero attached hydrogens (tertiary/aromatic N) is 1. The van der Waals surface area contributed by atoms with Crippen molar-refractivity contribution >= 4 is 14.1 Å². The lowest BCUT2D eigenvalue weighted by Crippen LogP contribution is -2.17. The molecular weight excluding hydrogens is 197 g/mol. The monoisotopic (exact) mass is 227 g/mol. The maximum absolute atomic E-state index is 2.32. The molecule has 0 heterocycles. The van der Waals surface area contributed by atoms with E-state index in [9.17, 15) is 0 Å². The van der Waals surface area contributed by atoms with Crippen LogP contribution in [0.25, 0.3) is 0 Å². The molecule has 0 saturated carbocycles. The molecule has 0 unspecified atom stereocenters. The first kappa shape index (κ1) is 15.5. The molecule has 0 aliphatic rings. The summed E-state index contributed by atoms with van der Waals surface area (Å²) in [5.74, 6) is 0. The van der Waals surface area contributed by atoms with Gasteiger partial charge in [0, 0.05) is 0 Å². The third kappa shape index (κ3) is 10.8. The molecule has 0 spiro atoms.